The summed E-state index contributed by atoms with van der Waals surface area (Å²) in [5.41, 5.74) is 0.489. The van der Waals surface area contributed by atoms with E-state index in [2.05, 4.69) is 15.3 Å². The number of sulfonamides is 1. The zero-order valence-corrected chi connectivity index (χ0v) is 11.4. The van der Waals surface area contributed by atoms with Crippen molar-refractivity contribution < 1.29 is 8.42 Å². The van der Waals surface area contributed by atoms with Gasteiger partial charge in [0, 0.05) is 44.3 Å². The van der Waals surface area contributed by atoms with Gasteiger partial charge in [-0.25, -0.2) is 8.42 Å². The van der Waals surface area contributed by atoms with Crippen LogP contribution in [0.15, 0.2) is 18.6 Å². The Balaban J connectivity index is 2.25. The molecule has 0 aliphatic carbocycles. The monoisotopic (exact) mass is 270 g/mol. The average Bonchev–Trinajstić information content (AvgIpc) is 2.39. The van der Waals surface area contributed by atoms with E-state index in [1.165, 1.54) is 18.6 Å². The number of rotatable bonds is 3. The van der Waals surface area contributed by atoms with Crippen LogP contribution in [0.1, 0.15) is 24.8 Å². The van der Waals surface area contributed by atoms with E-state index in [-0.39, 0.29) is 6.04 Å². The fourth-order valence-electron chi connectivity index (χ4n) is 2.08. The molecule has 0 amide bonds. The van der Waals surface area contributed by atoms with Gasteiger partial charge < -0.3 is 5.32 Å². The van der Waals surface area contributed by atoms with Gasteiger partial charge in [0.05, 0.1) is 5.69 Å². The van der Waals surface area contributed by atoms with E-state index in [0.717, 1.165) is 0 Å². The lowest BCUT2D eigenvalue weighted by Crippen LogP contribution is -2.53. The molecule has 0 spiro atoms. The third-order valence-corrected chi connectivity index (χ3v) is 5.54. The molecule has 1 aromatic rings. The molecule has 6 nitrogen and oxygen atoms in total. The van der Waals surface area contributed by atoms with Crippen LogP contribution in [-0.2, 0) is 10.0 Å². The zero-order chi connectivity index (χ0) is 13.2. The van der Waals surface area contributed by atoms with E-state index in [1.54, 1.807) is 11.2 Å². The van der Waals surface area contributed by atoms with Crippen molar-refractivity contribution in [3.05, 3.63) is 24.3 Å². The largest absolute Gasteiger partial charge is 0.314 e. The first kappa shape index (κ1) is 13.4. The van der Waals surface area contributed by atoms with Crippen molar-refractivity contribution in [2.45, 2.75) is 25.1 Å². The van der Waals surface area contributed by atoms with Gasteiger partial charge in [-0.3, -0.25) is 9.97 Å². The van der Waals surface area contributed by atoms with Crippen molar-refractivity contribution >= 4 is 10.0 Å². The molecule has 1 aliphatic rings. The lowest BCUT2D eigenvalue weighted by molar-refractivity contribution is 0.281. The lowest BCUT2D eigenvalue weighted by atomic mass is 10.3. The van der Waals surface area contributed by atoms with Crippen LogP contribution < -0.4 is 5.32 Å². The maximum absolute atomic E-state index is 12.5. The minimum atomic E-state index is -3.37. The van der Waals surface area contributed by atoms with Crippen LogP contribution in [0.5, 0.6) is 0 Å². The predicted molar refractivity (Wildman–Crippen MR) is 68.4 cm³/mol. The molecule has 18 heavy (non-hydrogen) atoms. The summed E-state index contributed by atoms with van der Waals surface area (Å²) >= 11 is 0. The summed E-state index contributed by atoms with van der Waals surface area (Å²) in [7, 11) is -3.37. The Hall–Kier alpha value is -1.05. The van der Waals surface area contributed by atoms with E-state index in [9.17, 15) is 8.42 Å². The Labute approximate surface area is 107 Å². The van der Waals surface area contributed by atoms with Gasteiger partial charge in [0.1, 0.15) is 5.25 Å². The average molecular weight is 270 g/mol. The van der Waals surface area contributed by atoms with Gasteiger partial charge in [-0.1, -0.05) is 0 Å². The van der Waals surface area contributed by atoms with Gasteiger partial charge in [-0.15, -0.1) is 0 Å². The molecular formula is C11H18N4O2S. The van der Waals surface area contributed by atoms with Gasteiger partial charge in [0.15, 0.2) is 0 Å². The van der Waals surface area contributed by atoms with Gasteiger partial charge in [-0.05, 0) is 13.8 Å². The molecule has 100 valence electrons. The second-order valence-electron chi connectivity index (χ2n) is 4.48. The predicted octanol–water partition coefficient (Wildman–Crippen LogP) is 0.161. The quantitative estimate of drug-likeness (QED) is 0.847. The molecule has 0 saturated carbocycles. The number of nitrogens with zero attached hydrogens (tertiary/aromatic N) is 3. The van der Waals surface area contributed by atoms with Crippen LogP contribution in [0.3, 0.4) is 0 Å². The van der Waals surface area contributed by atoms with Crippen molar-refractivity contribution in [3.8, 4) is 0 Å². The smallest absolute Gasteiger partial charge is 0.222 e. The molecular weight excluding hydrogens is 252 g/mol. The van der Waals surface area contributed by atoms with Crippen LogP contribution in [-0.4, -0.2) is 48.4 Å². The lowest BCUT2D eigenvalue weighted by Gasteiger charge is -2.34. The van der Waals surface area contributed by atoms with E-state index in [4.69, 9.17) is 0 Å². The van der Waals surface area contributed by atoms with E-state index in [0.29, 0.717) is 25.3 Å². The maximum Gasteiger partial charge on any atom is 0.222 e. The van der Waals surface area contributed by atoms with Crippen LogP contribution in [0.4, 0.5) is 0 Å². The van der Waals surface area contributed by atoms with Crippen molar-refractivity contribution in [3.63, 3.8) is 0 Å². The molecule has 1 aromatic heterocycles. The minimum absolute atomic E-state index is 0.0251. The van der Waals surface area contributed by atoms with Crippen LogP contribution in [0, 0.1) is 0 Å². The molecule has 0 aromatic carbocycles. The molecule has 1 saturated heterocycles. The summed E-state index contributed by atoms with van der Waals surface area (Å²) in [6.45, 7) is 5.46. The van der Waals surface area contributed by atoms with E-state index >= 15 is 0 Å². The third-order valence-electron chi connectivity index (χ3n) is 3.21. The normalized spacial score (nSPS) is 23.8. The first-order valence-electron chi connectivity index (χ1n) is 6.00. The fourth-order valence-corrected chi connectivity index (χ4v) is 3.83. The highest BCUT2D eigenvalue weighted by Crippen LogP contribution is 2.25. The summed E-state index contributed by atoms with van der Waals surface area (Å²) in [6, 6.07) is -0.0251. The molecule has 0 radical (unpaired) electrons. The van der Waals surface area contributed by atoms with Crippen molar-refractivity contribution in [1.82, 2.24) is 19.6 Å². The minimum Gasteiger partial charge on any atom is -0.314 e. The van der Waals surface area contributed by atoms with E-state index in [1.807, 2.05) is 6.92 Å². The Morgan fingerprint density at radius 3 is 2.89 bits per heavy atom. The van der Waals surface area contributed by atoms with Crippen LogP contribution in [0.25, 0.3) is 0 Å². The van der Waals surface area contributed by atoms with Crippen molar-refractivity contribution in [2.75, 3.05) is 19.6 Å². The SMILES string of the molecule is C[C@@H]1CNCCN1S(=O)(=O)[C@@H](C)c1cnccn1. The van der Waals surface area contributed by atoms with Crippen molar-refractivity contribution in [2.24, 2.45) is 0 Å². The Kier molecular flexibility index (Phi) is 3.94. The Morgan fingerprint density at radius 1 is 1.50 bits per heavy atom. The highest BCUT2D eigenvalue weighted by Gasteiger charge is 2.35. The zero-order valence-electron chi connectivity index (χ0n) is 10.6. The third kappa shape index (κ3) is 2.52. The summed E-state index contributed by atoms with van der Waals surface area (Å²) in [4.78, 5) is 8.01. The summed E-state index contributed by atoms with van der Waals surface area (Å²) < 4.78 is 26.6. The fraction of sp³-hybridized carbons (Fsp3) is 0.636. The summed E-state index contributed by atoms with van der Waals surface area (Å²) in [5, 5.41) is 2.52. The molecule has 0 bridgehead atoms. The maximum atomic E-state index is 12.5. The number of aromatic nitrogens is 2. The van der Waals surface area contributed by atoms with Crippen LogP contribution in [0.2, 0.25) is 0 Å². The van der Waals surface area contributed by atoms with Crippen LogP contribution >= 0.6 is 0 Å². The first-order chi connectivity index (χ1) is 8.53. The second kappa shape index (κ2) is 5.29. The number of hydrogen-bond donors (Lipinski definition) is 1. The standard InChI is InChI=1S/C11H18N4O2S/c1-9-7-13-5-6-15(9)18(16,17)10(2)11-8-12-3-4-14-11/h3-4,8-10,13H,5-7H2,1-2H3/t9-,10+/m1/s1. The molecule has 1 aliphatic heterocycles. The highest BCUT2D eigenvalue weighted by atomic mass is 32.2. The molecule has 0 unspecified atom stereocenters. The Bertz CT molecular complexity index is 491. The summed E-state index contributed by atoms with van der Waals surface area (Å²) in [5.74, 6) is 0. The molecule has 1 fully saturated rings. The summed E-state index contributed by atoms with van der Waals surface area (Å²) in [6.07, 6.45) is 4.56. The van der Waals surface area contributed by atoms with Gasteiger partial charge >= 0.3 is 0 Å². The molecule has 2 atom stereocenters. The second-order valence-corrected chi connectivity index (χ2v) is 6.69. The topological polar surface area (TPSA) is 75.2 Å². The number of nitrogens with one attached hydrogen (secondary N) is 1. The van der Waals surface area contributed by atoms with Gasteiger partial charge in [-0.2, -0.15) is 4.31 Å². The molecule has 7 heteroatoms. The highest BCUT2D eigenvalue weighted by molar-refractivity contribution is 7.89. The number of hydrogen-bond acceptors (Lipinski definition) is 5. The van der Waals surface area contributed by atoms with Gasteiger partial charge in [0.2, 0.25) is 10.0 Å². The number of piperazine rings is 1. The van der Waals surface area contributed by atoms with Gasteiger partial charge in [0.25, 0.3) is 0 Å². The molecule has 1 N–H and O–H groups in total. The first-order valence-corrected chi connectivity index (χ1v) is 7.51. The van der Waals surface area contributed by atoms with E-state index < -0.39 is 15.3 Å². The molecule has 2 heterocycles. The molecule has 2 rings (SSSR count). The van der Waals surface area contributed by atoms with Crippen molar-refractivity contribution in [1.29, 1.82) is 0 Å². The Morgan fingerprint density at radius 2 is 2.28 bits per heavy atom.